The van der Waals surface area contributed by atoms with Crippen LogP contribution in [0.4, 0.5) is 11.4 Å². The highest BCUT2D eigenvalue weighted by Crippen LogP contribution is 2.21. The molecule has 3 heteroatoms. The van der Waals surface area contributed by atoms with Crippen LogP contribution in [0, 0.1) is 0 Å². The number of hydrogen-bond donors (Lipinski definition) is 2. The first-order valence-corrected chi connectivity index (χ1v) is 6.28. The molecule has 0 bridgehead atoms. The molecule has 0 saturated heterocycles. The monoisotopic (exact) mass is 219 g/mol. The van der Waals surface area contributed by atoms with Crippen molar-refractivity contribution in [1.82, 2.24) is 4.98 Å². The number of rotatable bonds is 3. The van der Waals surface area contributed by atoms with Gasteiger partial charge in [0.15, 0.2) is 0 Å². The fourth-order valence-electron chi connectivity index (χ4n) is 2.31. The van der Waals surface area contributed by atoms with Crippen molar-refractivity contribution in [2.45, 2.75) is 44.6 Å². The van der Waals surface area contributed by atoms with E-state index in [1.165, 1.54) is 38.5 Å². The maximum absolute atomic E-state index is 4.22. The zero-order valence-corrected chi connectivity index (χ0v) is 10.00. The minimum atomic E-state index is 0.636. The van der Waals surface area contributed by atoms with Crippen LogP contribution in [-0.4, -0.2) is 18.1 Å². The highest BCUT2D eigenvalue weighted by atomic mass is 14.9. The second-order valence-corrected chi connectivity index (χ2v) is 4.55. The molecular formula is C13H21N3. The largest absolute Gasteiger partial charge is 0.387 e. The molecule has 1 fully saturated rings. The molecule has 16 heavy (non-hydrogen) atoms. The summed E-state index contributed by atoms with van der Waals surface area (Å²) in [6.07, 6.45) is 11.9. The average Bonchev–Trinajstić information content (AvgIpc) is 2.58. The summed E-state index contributed by atoms with van der Waals surface area (Å²) in [7, 11) is 1.92. The molecular weight excluding hydrogens is 198 g/mol. The van der Waals surface area contributed by atoms with Gasteiger partial charge in [0.05, 0.1) is 23.8 Å². The van der Waals surface area contributed by atoms with E-state index in [4.69, 9.17) is 0 Å². The van der Waals surface area contributed by atoms with Crippen LogP contribution < -0.4 is 10.6 Å². The first-order chi connectivity index (χ1) is 7.88. The van der Waals surface area contributed by atoms with E-state index in [-0.39, 0.29) is 0 Å². The average molecular weight is 219 g/mol. The number of aromatic nitrogens is 1. The molecule has 1 aliphatic rings. The Morgan fingerprint density at radius 1 is 1.06 bits per heavy atom. The summed E-state index contributed by atoms with van der Waals surface area (Å²) in [5.74, 6) is 0. The lowest BCUT2D eigenvalue weighted by Crippen LogP contribution is -2.18. The predicted octanol–water partition coefficient (Wildman–Crippen LogP) is 3.26. The van der Waals surface area contributed by atoms with Gasteiger partial charge < -0.3 is 10.6 Å². The number of hydrogen-bond acceptors (Lipinski definition) is 3. The third-order valence-corrected chi connectivity index (χ3v) is 3.25. The summed E-state index contributed by atoms with van der Waals surface area (Å²) in [6.45, 7) is 0. The molecule has 1 heterocycles. The van der Waals surface area contributed by atoms with Crippen LogP contribution in [0.5, 0.6) is 0 Å². The minimum absolute atomic E-state index is 0.636. The van der Waals surface area contributed by atoms with Crippen molar-refractivity contribution < 1.29 is 0 Å². The van der Waals surface area contributed by atoms with Gasteiger partial charge in [0, 0.05) is 13.1 Å². The van der Waals surface area contributed by atoms with Crippen molar-refractivity contribution in [2.24, 2.45) is 0 Å². The highest BCUT2D eigenvalue weighted by Gasteiger charge is 2.11. The van der Waals surface area contributed by atoms with Crippen molar-refractivity contribution in [3.8, 4) is 0 Å². The van der Waals surface area contributed by atoms with Gasteiger partial charge in [-0.15, -0.1) is 0 Å². The summed E-state index contributed by atoms with van der Waals surface area (Å²) in [4.78, 5) is 4.22. The van der Waals surface area contributed by atoms with Crippen molar-refractivity contribution in [3.63, 3.8) is 0 Å². The molecule has 2 N–H and O–H groups in total. The standard InChI is InChI=1S/C13H21N3/c1-14-12-8-13(10-15-9-12)16-11-6-4-2-3-5-7-11/h8-11,14,16H,2-7H2,1H3. The molecule has 0 radical (unpaired) electrons. The smallest absolute Gasteiger partial charge is 0.0549 e. The third kappa shape index (κ3) is 3.12. The van der Waals surface area contributed by atoms with Crippen LogP contribution in [-0.2, 0) is 0 Å². The second kappa shape index (κ2) is 5.73. The molecule has 0 spiro atoms. The van der Waals surface area contributed by atoms with Gasteiger partial charge in [0.1, 0.15) is 0 Å². The van der Waals surface area contributed by atoms with E-state index in [1.807, 2.05) is 19.4 Å². The quantitative estimate of drug-likeness (QED) is 0.766. The fraction of sp³-hybridized carbons (Fsp3) is 0.615. The van der Waals surface area contributed by atoms with Gasteiger partial charge in [-0.2, -0.15) is 0 Å². The molecule has 1 aliphatic carbocycles. The van der Waals surface area contributed by atoms with Gasteiger partial charge >= 0.3 is 0 Å². The van der Waals surface area contributed by atoms with Crippen molar-refractivity contribution in [2.75, 3.05) is 17.7 Å². The van der Waals surface area contributed by atoms with Crippen LogP contribution in [0.25, 0.3) is 0 Å². The van der Waals surface area contributed by atoms with Crippen LogP contribution in [0.15, 0.2) is 18.5 Å². The molecule has 1 aromatic rings. The van der Waals surface area contributed by atoms with E-state index in [2.05, 4.69) is 21.7 Å². The van der Waals surface area contributed by atoms with Gasteiger partial charge in [-0.25, -0.2) is 0 Å². The number of nitrogens with one attached hydrogen (secondary N) is 2. The Balaban J connectivity index is 1.96. The number of nitrogens with zero attached hydrogens (tertiary/aromatic N) is 1. The van der Waals surface area contributed by atoms with Crippen molar-refractivity contribution >= 4 is 11.4 Å². The molecule has 0 aromatic carbocycles. The molecule has 3 nitrogen and oxygen atoms in total. The van der Waals surface area contributed by atoms with E-state index in [0.717, 1.165) is 11.4 Å². The van der Waals surface area contributed by atoms with E-state index in [1.54, 1.807) is 0 Å². The van der Waals surface area contributed by atoms with Gasteiger partial charge in [0.2, 0.25) is 0 Å². The first-order valence-electron chi connectivity index (χ1n) is 6.28. The van der Waals surface area contributed by atoms with Crippen molar-refractivity contribution in [1.29, 1.82) is 0 Å². The van der Waals surface area contributed by atoms with Gasteiger partial charge in [-0.3, -0.25) is 4.98 Å². The lowest BCUT2D eigenvalue weighted by molar-refractivity contribution is 0.620. The lowest BCUT2D eigenvalue weighted by Gasteiger charge is -2.17. The molecule has 88 valence electrons. The summed E-state index contributed by atoms with van der Waals surface area (Å²) >= 11 is 0. The van der Waals surface area contributed by atoms with Crippen LogP contribution in [0.1, 0.15) is 38.5 Å². The SMILES string of the molecule is CNc1cncc(NC2CCCCCC2)c1. The molecule has 1 aromatic heterocycles. The maximum atomic E-state index is 4.22. The summed E-state index contributed by atoms with van der Waals surface area (Å²) < 4.78 is 0. The molecule has 2 rings (SSSR count). The van der Waals surface area contributed by atoms with E-state index in [9.17, 15) is 0 Å². The predicted molar refractivity (Wildman–Crippen MR) is 68.9 cm³/mol. The van der Waals surface area contributed by atoms with Crippen LogP contribution in [0.2, 0.25) is 0 Å². The zero-order chi connectivity index (χ0) is 11.2. The summed E-state index contributed by atoms with van der Waals surface area (Å²) in [6, 6.07) is 2.76. The van der Waals surface area contributed by atoms with E-state index < -0.39 is 0 Å². The van der Waals surface area contributed by atoms with E-state index in [0.29, 0.717) is 6.04 Å². The van der Waals surface area contributed by atoms with E-state index >= 15 is 0 Å². The highest BCUT2D eigenvalue weighted by molar-refractivity contribution is 5.54. The topological polar surface area (TPSA) is 37.0 Å². The molecule has 0 unspecified atom stereocenters. The lowest BCUT2D eigenvalue weighted by atomic mass is 10.1. The van der Waals surface area contributed by atoms with Gasteiger partial charge in [-0.1, -0.05) is 25.7 Å². The normalized spacial score (nSPS) is 17.8. The van der Waals surface area contributed by atoms with Crippen molar-refractivity contribution in [3.05, 3.63) is 18.5 Å². The second-order valence-electron chi connectivity index (χ2n) is 4.55. The Morgan fingerprint density at radius 3 is 2.44 bits per heavy atom. The third-order valence-electron chi connectivity index (χ3n) is 3.25. The Morgan fingerprint density at radius 2 is 1.75 bits per heavy atom. The Bertz CT molecular complexity index is 317. The van der Waals surface area contributed by atoms with Gasteiger partial charge in [-0.05, 0) is 18.9 Å². The maximum Gasteiger partial charge on any atom is 0.0549 e. The minimum Gasteiger partial charge on any atom is -0.387 e. The summed E-state index contributed by atoms with van der Waals surface area (Å²) in [5.41, 5.74) is 2.21. The number of anilines is 2. The molecule has 0 aliphatic heterocycles. The van der Waals surface area contributed by atoms with Gasteiger partial charge in [0.25, 0.3) is 0 Å². The molecule has 1 saturated carbocycles. The number of pyridine rings is 1. The van der Waals surface area contributed by atoms with Crippen LogP contribution in [0.3, 0.4) is 0 Å². The Kier molecular flexibility index (Phi) is 4.03. The molecule has 0 amide bonds. The summed E-state index contributed by atoms with van der Waals surface area (Å²) in [5, 5.41) is 6.71. The Labute approximate surface area is 97.7 Å². The van der Waals surface area contributed by atoms with Crippen LogP contribution >= 0.6 is 0 Å². The first kappa shape index (κ1) is 11.2. The fourth-order valence-corrected chi connectivity index (χ4v) is 2.31. The zero-order valence-electron chi connectivity index (χ0n) is 10.00. The Hall–Kier alpha value is -1.25. The molecule has 0 atom stereocenters.